The number of halogens is 1. The lowest BCUT2D eigenvalue weighted by atomic mass is 10.2. The largest absolute Gasteiger partial charge is 0.496 e. The van der Waals surface area contributed by atoms with E-state index in [1.165, 1.54) is 38.5 Å². The molecular weight excluding hydrogens is 440 g/mol. The minimum absolute atomic E-state index is 0.0235. The molecule has 2 N–H and O–H groups in total. The molecule has 0 saturated carbocycles. The Hall–Kier alpha value is -3.07. The van der Waals surface area contributed by atoms with Crippen LogP contribution in [0.4, 0.5) is 5.69 Å². The molecule has 0 saturated heterocycles. The van der Waals surface area contributed by atoms with Crippen molar-refractivity contribution in [1.82, 2.24) is 4.72 Å². The van der Waals surface area contributed by atoms with Gasteiger partial charge in [0.2, 0.25) is 10.0 Å². The molecule has 0 aliphatic heterocycles. The molecule has 0 atom stereocenters. The van der Waals surface area contributed by atoms with Gasteiger partial charge in [0.05, 0.1) is 24.8 Å². The van der Waals surface area contributed by atoms with Gasteiger partial charge < -0.3 is 14.8 Å². The highest BCUT2D eigenvalue weighted by molar-refractivity contribution is 7.89. The van der Waals surface area contributed by atoms with Crippen molar-refractivity contribution in [2.75, 3.05) is 19.5 Å². The topological polar surface area (TPSA) is 93.7 Å². The van der Waals surface area contributed by atoms with Gasteiger partial charge in [-0.15, -0.1) is 0 Å². The molecule has 0 bridgehead atoms. The molecule has 0 heterocycles. The van der Waals surface area contributed by atoms with Crippen molar-refractivity contribution in [2.24, 2.45) is 0 Å². The van der Waals surface area contributed by atoms with Crippen LogP contribution in [-0.4, -0.2) is 28.5 Å². The number of carbonyl (C=O) groups excluding carboxylic acids is 1. The van der Waals surface area contributed by atoms with Crippen molar-refractivity contribution in [3.05, 3.63) is 82.9 Å². The number of nitrogens with one attached hydrogen (secondary N) is 2. The number of amides is 1. The molecule has 3 rings (SSSR count). The normalized spacial score (nSPS) is 11.1. The second-order valence-corrected chi connectivity index (χ2v) is 8.67. The number of rotatable bonds is 8. The number of sulfonamides is 1. The van der Waals surface area contributed by atoms with Crippen LogP contribution in [0.1, 0.15) is 15.9 Å². The van der Waals surface area contributed by atoms with Gasteiger partial charge in [0.1, 0.15) is 11.5 Å². The maximum atomic E-state index is 12.8. The van der Waals surface area contributed by atoms with E-state index in [1.54, 1.807) is 42.5 Å². The van der Waals surface area contributed by atoms with Gasteiger partial charge in [0, 0.05) is 22.7 Å². The van der Waals surface area contributed by atoms with Crippen molar-refractivity contribution < 1.29 is 22.7 Å². The van der Waals surface area contributed by atoms with Crippen molar-refractivity contribution in [3.63, 3.8) is 0 Å². The van der Waals surface area contributed by atoms with E-state index in [2.05, 4.69) is 10.0 Å². The summed E-state index contributed by atoms with van der Waals surface area (Å²) in [6.07, 6.45) is 0. The first-order valence-corrected chi connectivity index (χ1v) is 11.1. The summed E-state index contributed by atoms with van der Waals surface area (Å²) >= 11 is 5.94. The number of benzene rings is 3. The first-order chi connectivity index (χ1) is 14.8. The minimum atomic E-state index is -3.87. The number of methoxy groups -OCH3 is 2. The summed E-state index contributed by atoms with van der Waals surface area (Å²) in [6.45, 7) is 0.0442. The van der Waals surface area contributed by atoms with Crippen LogP contribution in [0, 0.1) is 0 Å². The van der Waals surface area contributed by atoms with E-state index in [1.807, 2.05) is 0 Å². The first kappa shape index (κ1) is 22.6. The van der Waals surface area contributed by atoms with Gasteiger partial charge in [-0.25, -0.2) is 13.1 Å². The zero-order valence-electron chi connectivity index (χ0n) is 16.9. The van der Waals surface area contributed by atoms with E-state index >= 15 is 0 Å². The molecule has 0 radical (unpaired) electrons. The van der Waals surface area contributed by atoms with E-state index in [4.69, 9.17) is 21.1 Å². The summed E-state index contributed by atoms with van der Waals surface area (Å²) < 4.78 is 38.7. The third-order valence-corrected chi connectivity index (χ3v) is 6.10. The summed E-state index contributed by atoms with van der Waals surface area (Å²) in [5.74, 6) is 0.450. The Labute approximate surface area is 186 Å². The third-order valence-electron chi connectivity index (χ3n) is 4.46. The fraction of sp³-hybridized carbons (Fsp3) is 0.136. The fourth-order valence-electron chi connectivity index (χ4n) is 2.88. The van der Waals surface area contributed by atoms with Gasteiger partial charge in [0.15, 0.2) is 0 Å². The van der Waals surface area contributed by atoms with Crippen molar-refractivity contribution in [1.29, 1.82) is 0 Å². The number of ether oxygens (including phenoxy) is 2. The summed E-state index contributed by atoms with van der Waals surface area (Å²) in [6, 6.07) is 17.7. The van der Waals surface area contributed by atoms with Gasteiger partial charge in [-0.3, -0.25) is 4.79 Å². The van der Waals surface area contributed by atoms with Crippen LogP contribution in [0.15, 0.2) is 71.6 Å². The third kappa shape index (κ3) is 5.55. The van der Waals surface area contributed by atoms with Gasteiger partial charge in [-0.05, 0) is 42.5 Å². The number of hydrogen-bond donors (Lipinski definition) is 2. The fourth-order valence-corrected chi connectivity index (χ4v) is 4.10. The maximum Gasteiger partial charge on any atom is 0.255 e. The van der Waals surface area contributed by atoms with Gasteiger partial charge in [0.25, 0.3) is 5.91 Å². The molecule has 9 heteroatoms. The van der Waals surface area contributed by atoms with E-state index in [0.29, 0.717) is 27.6 Å². The molecule has 3 aromatic carbocycles. The molecule has 3 aromatic rings. The second kappa shape index (κ2) is 9.82. The predicted octanol–water partition coefficient (Wildman–Crippen LogP) is 4.09. The van der Waals surface area contributed by atoms with Crippen LogP contribution in [-0.2, 0) is 16.6 Å². The monoisotopic (exact) mass is 460 g/mol. The van der Waals surface area contributed by atoms with E-state index in [9.17, 15) is 13.2 Å². The Kier molecular flexibility index (Phi) is 7.17. The van der Waals surface area contributed by atoms with E-state index in [-0.39, 0.29) is 17.1 Å². The second-order valence-electron chi connectivity index (χ2n) is 6.46. The first-order valence-electron chi connectivity index (χ1n) is 9.20. The molecule has 0 aliphatic rings. The Bertz CT molecular complexity index is 1200. The molecule has 0 fully saturated rings. The average Bonchev–Trinajstić information content (AvgIpc) is 2.77. The number of para-hydroxylation sites is 1. The molecule has 0 aliphatic carbocycles. The summed E-state index contributed by atoms with van der Waals surface area (Å²) in [5.41, 5.74) is 1.24. The Morgan fingerprint density at radius 2 is 1.68 bits per heavy atom. The van der Waals surface area contributed by atoms with Crippen molar-refractivity contribution in [2.45, 2.75) is 11.4 Å². The van der Waals surface area contributed by atoms with Crippen LogP contribution in [0.3, 0.4) is 0 Å². The lowest BCUT2D eigenvalue weighted by molar-refractivity contribution is 0.102. The van der Waals surface area contributed by atoms with Crippen LogP contribution in [0.25, 0.3) is 0 Å². The highest BCUT2D eigenvalue weighted by Gasteiger charge is 2.19. The van der Waals surface area contributed by atoms with Crippen molar-refractivity contribution in [3.8, 4) is 11.5 Å². The smallest absolute Gasteiger partial charge is 0.255 e. The summed E-state index contributed by atoms with van der Waals surface area (Å²) in [7, 11) is -0.923. The zero-order chi connectivity index (χ0) is 22.4. The van der Waals surface area contributed by atoms with E-state index in [0.717, 1.165) is 0 Å². The summed E-state index contributed by atoms with van der Waals surface area (Å²) in [5, 5.41) is 3.09. The minimum Gasteiger partial charge on any atom is -0.496 e. The number of anilines is 1. The standard InChI is InChI=1S/C22H21ClN2O5S/c1-29-20-9-4-3-6-16(20)14-24-31(27,28)18-10-11-21(30-2)19(13-18)25-22(26)15-7-5-8-17(23)12-15/h3-13,24H,14H2,1-2H3,(H,25,26). The van der Waals surface area contributed by atoms with Crippen molar-refractivity contribution >= 4 is 33.2 Å². The van der Waals surface area contributed by atoms with Crippen LogP contribution >= 0.6 is 11.6 Å². The molecule has 31 heavy (non-hydrogen) atoms. The van der Waals surface area contributed by atoms with Gasteiger partial charge in [-0.1, -0.05) is 35.9 Å². The molecular formula is C22H21ClN2O5S. The molecule has 0 unspecified atom stereocenters. The molecule has 0 aromatic heterocycles. The highest BCUT2D eigenvalue weighted by Crippen LogP contribution is 2.28. The maximum absolute atomic E-state index is 12.8. The highest BCUT2D eigenvalue weighted by atomic mass is 35.5. The van der Waals surface area contributed by atoms with E-state index < -0.39 is 15.9 Å². The lowest BCUT2D eigenvalue weighted by Gasteiger charge is -2.14. The van der Waals surface area contributed by atoms with Crippen LogP contribution < -0.4 is 19.5 Å². The lowest BCUT2D eigenvalue weighted by Crippen LogP contribution is -2.24. The quantitative estimate of drug-likeness (QED) is 0.528. The summed E-state index contributed by atoms with van der Waals surface area (Å²) in [4.78, 5) is 12.5. The Morgan fingerprint density at radius 1 is 0.935 bits per heavy atom. The Morgan fingerprint density at radius 3 is 2.39 bits per heavy atom. The molecule has 1 amide bonds. The van der Waals surface area contributed by atoms with Crippen LogP contribution in [0.2, 0.25) is 5.02 Å². The molecule has 0 spiro atoms. The molecule has 162 valence electrons. The van der Waals surface area contributed by atoms with Crippen LogP contribution in [0.5, 0.6) is 11.5 Å². The number of hydrogen-bond acceptors (Lipinski definition) is 5. The van der Waals surface area contributed by atoms with Gasteiger partial charge in [-0.2, -0.15) is 0 Å². The number of carbonyl (C=O) groups is 1. The van der Waals surface area contributed by atoms with Gasteiger partial charge >= 0.3 is 0 Å². The Balaban J connectivity index is 1.83. The average molecular weight is 461 g/mol. The SMILES string of the molecule is COc1ccccc1CNS(=O)(=O)c1ccc(OC)c(NC(=O)c2cccc(Cl)c2)c1. The zero-order valence-corrected chi connectivity index (χ0v) is 18.5. The predicted molar refractivity (Wildman–Crippen MR) is 119 cm³/mol. The molecule has 7 nitrogen and oxygen atoms in total.